The van der Waals surface area contributed by atoms with Crippen LogP contribution < -0.4 is 0 Å². The first-order chi connectivity index (χ1) is 6.07. The van der Waals surface area contributed by atoms with E-state index in [4.69, 9.17) is 0 Å². The second-order valence-electron chi connectivity index (χ2n) is 4.78. The number of hydrogen-bond acceptors (Lipinski definition) is 0. The van der Waals surface area contributed by atoms with Gasteiger partial charge in [0.1, 0.15) is 0 Å². The fraction of sp³-hybridized carbons (Fsp3) is 0.385. The Morgan fingerprint density at radius 2 is 1.92 bits per heavy atom. The highest BCUT2D eigenvalue weighted by atomic mass is 14.3. The Labute approximate surface area is 80.3 Å². The van der Waals surface area contributed by atoms with Crippen molar-refractivity contribution in [2.24, 2.45) is 11.3 Å². The van der Waals surface area contributed by atoms with E-state index in [1.165, 1.54) is 11.1 Å². The minimum atomic E-state index is 0.276. The van der Waals surface area contributed by atoms with Gasteiger partial charge >= 0.3 is 0 Å². The Morgan fingerprint density at radius 3 is 2.62 bits per heavy atom. The van der Waals surface area contributed by atoms with Crippen molar-refractivity contribution in [2.45, 2.75) is 20.8 Å². The van der Waals surface area contributed by atoms with Crippen LogP contribution in [-0.4, -0.2) is 0 Å². The highest BCUT2D eigenvalue weighted by Gasteiger charge is 2.21. The van der Waals surface area contributed by atoms with Gasteiger partial charge < -0.3 is 0 Å². The van der Waals surface area contributed by atoms with Crippen LogP contribution in [0.4, 0.5) is 0 Å². The Hall–Kier alpha value is -1.04. The van der Waals surface area contributed by atoms with Gasteiger partial charge in [0, 0.05) is 5.92 Å². The van der Waals surface area contributed by atoms with Gasteiger partial charge in [-0.1, -0.05) is 57.2 Å². The van der Waals surface area contributed by atoms with E-state index in [2.05, 4.69) is 57.2 Å². The molecule has 0 aromatic heterocycles. The first-order valence-electron chi connectivity index (χ1n) is 4.86. The molecule has 0 radical (unpaired) electrons. The van der Waals surface area contributed by atoms with Gasteiger partial charge in [-0.15, -0.1) is 0 Å². The van der Waals surface area contributed by atoms with Crippen LogP contribution >= 0.6 is 0 Å². The molecule has 0 amide bonds. The molecule has 0 N–H and O–H groups in total. The average molecular weight is 172 g/mol. The van der Waals surface area contributed by atoms with E-state index in [0.717, 1.165) is 0 Å². The van der Waals surface area contributed by atoms with Crippen molar-refractivity contribution in [3.05, 3.63) is 47.6 Å². The van der Waals surface area contributed by atoms with Crippen LogP contribution in [0.1, 0.15) is 20.8 Å². The van der Waals surface area contributed by atoms with Gasteiger partial charge in [-0.05, 0) is 16.6 Å². The summed E-state index contributed by atoms with van der Waals surface area (Å²) in [7, 11) is 0. The molecule has 1 unspecified atom stereocenters. The van der Waals surface area contributed by atoms with Gasteiger partial charge in [0.2, 0.25) is 0 Å². The molecule has 0 saturated carbocycles. The summed E-state index contributed by atoms with van der Waals surface area (Å²) in [4.78, 5) is 0. The maximum atomic E-state index is 2.37. The SMILES string of the molecule is CC(C)(C)C1=CC2C=CC=C2C=C1. The van der Waals surface area contributed by atoms with E-state index in [1.54, 1.807) is 0 Å². The highest BCUT2D eigenvalue weighted by Crippen LogP contribution is 2.35. The second-order valence-corrected chi connectivity index (χ2v) is 4.78. The van der Waals surface area contributed by atoms with Crippen LogP contribution in [0.25, 0.3) is 0 Å². The van der Waals surface area contributed by atoms with Gasteiger partial charge in [-0.2, -0.15) is 0 Å². The zero-order valence-electron chi connectivity index (χ0n) is 8.54. The van der Waals surface area contributed by atoms with Gasteiger partial charge in [-0.3, -0.25) is 0 Å². The first-order valence-corrected chi connectivity index (χ1v) is 4.86. The van der Waals surface area contributed by atoms with E-state index >= 15 is 0 Å². The molecule has 1 atom stereocenters. The molecular weight excluding hydrogens is 156 g/mol. The number of allylic oxidation sites excluding steroid dienone is 8. The first kappa shape index (κ1) is 8.55. The largest absolute Gasteiger partial charge is 0.0732 e. The standard InChI is InChI=1S/C13H16/c1-13(2,3)12-8-7-10-5-4-6-11(10)9-12/h4-9,11H,1-3H3. The molecule has 13 heavy (non-hydrogen) atoms. The molecule has 0 saturated heterocycles. The fourth-order valence-electron chi connectivity index (χ4n) is 1.76. The molecule has 0 heterocycles. The maximum absolute atomic E-state index is 2.37. The summed E-state index contributed by atoms with van der Waals surface area (Å²) in [5.74, 6) is 0.541. The summed E-state index contributed by atoms with van der Waals surface area (Å²) in [5, 5.41) is 0. The molecule has 0 spiro atoms. The molecule has 2 rings (SSSR count). The Kier molecular flexibility index (Phi) is 1.80. The highest BCUT2D eigenvalue weighted by molar-refractivity contribution is 5.47. The van der Waals surface area contributed by atoms with E-state index in [0.29, 0.717) is 5.92 Å². The van der Waals surface area contributed by atoms with Crippen LogP contribution in [0, 0.1) is 11.3 Å². The minimum Gasteiger partial charge on any atom is -0.0732 e. The van der Waals surface area contributed by atoms with Crippen molar-refractivity contribution < 1.29 is 0 Å². The normalized spacial score (nSPS) is 25.6. The molecule has 0 bridgehead atoms. The molecule has 0 fully saturated rings. The third kappa shape index (κ3) is 1.53. The molecule has 0 nitrogen and oxygen atoms in total. The lowest BCUT2D eigenvalue weighted by Gasteiger charge is -2.25. The van der Waals surface area contributed by atoms with Crippen LogP contribution in [0.15, 0.2) is 47.6 Å². The summed E-state index contributed by atoms with van der Waals surface area (Å²) >= 11 is 0. The van der Waals surface area contributed by atoms with Crippen molar-refractivity contribution in [1.82, 2.24) is 0 Å². The second kappa shape index (κ2) is 2.73. The Bertz CT molecular complexity index is 330. The third-order valence-electron chi connectivity index (χ3n) is 2.67. The molecule has 2 aliphatic rings. The smallest absolute Gasteiger partial charge is 0.0207 e. The molecule has 2 aliphatic carbocycles. The van der Waals surface area contributed by atoms with Crippen molar-refractivity contribution >= 4 is 0 Å². The molecule has 0 aromatic rings. The van der Waals surface area contributed by atoms with E-state index < -0.39 is 0 Å². The van der Waals surface area contributed by atoms with Crippen molar-refractivity contribution in [1.29, 1.82) is 0 Å². The predicted octanol–water partition coefficient (Wildman–Crippen LogP) is 3.64. The monoisotopic (exact) mass is 172 g/mol. The van der Waals surface area contributed by atoms with Gasteiger partial charge in [-0.25, -0.2) is 0 Å². The molecule has 68 valence electrons. The minimum absolute atomic E-state index is 0.276. The quantitative estimate of drug-likeness (QED) is 0.523. The zero-order valence-corrected chi connectivity index (χ0v) is 8.54. The van der Waals surface area contributed by atoms with Crippen LogP contribution in [0.3, 0.4) is 0 Å². The fourth-order valence-corrected chi connectivity index (χ4v) is 1.76. The van der Waals surface area contributed by atoms with Crippen LogP contribution in [-0.2, 0) is 0 Å². The van der Waals surface area contributed by atoms with Crippen molar-refractivity contribution in [3.63, 3.8) is 0 Å². The number of rotatable bonds is 0. The lowest BCUT2D eigenvalue weighted by Crippen LogP contribution is -2.11. The van der Waals surface area contributed by atoms with Gasteiger partial charge in [0.05, 0.1) is 0 Å². The summed E-state index contributed by atoms with van der Waals surface area (Å²) in [6, 6.07) is 0. The summed E-state index contributed by atoms with van der Waals surface area (Å²) in [6.45, 7) is 6.78. The topological polar surface area (TPSA) is 0 Å². The molecular formula is C13H16. The Balaban J connectivity index is 2.32. The van der Waals surface area contributed by atoms with Crippen LogP contribution in [0.2, 0.25) is 0 Å². The predicted molar refractivity (Wildman–Crippen MR) is 57.4 cm³/mol. The van der Waals surface area contributed by atoms with Gasteiger partial charge in [0.15, 0.2) is 0 Å². The van der Waals surface area contributed by atoms with Crippen LogP contribution in [0.5, 0.6) is 0 Å². The molecule has 0 aromatic carbocycles. The number of fused-ring (bicyclic) bond motifs is 1. The molecule has 0 heteroatoms. The Morgan fingerprint density at radius 1 is 1.15 bits per heavy atom. The maximum Gasteiger partial charge on any atom is 0.0207 e. The lowest BCUT2D eigenvalue weighted by molar-refractivity contribution is 0.512. The average Bonchev–Trinajstić information content (AvgIpc) is 2.47. The van der Waals surface area contributed by atoms with Crippen molar-refractivity contribution in [3.8, 4) is 0 Å². The van der Waals surface area contributed by atoms with E-state index in [1.807, 2.05) is 0 Å². The van der Waals surface area contributed by atoms with E-state index in [9.17, 15) is 0 Å². The summed E-state index contributed by atoms with van der Waals surface area (Å²) in [6.07, 6.45) is 13.4. The molecule has 0 aliphatic heterocycles. The summed E-state index contributed by atoms with van der Waals surface area (Å²) in [5.41, 5.74) is 3.15. The van der Waals surface area contributed by atoms with E-state index in [-0.39, 0.29) is 5.41 Å². The van der Waals surface area contributed by atoms with Crippen molar-refractivity contribution in [2.75, 3.05) is 0 Å². The summed E-state index contributed by atoms with van der Waals surface area (Å²) < 4.78 is 0. The van der Waals surface area contributed by atoms with Gasteiger partial charge in [0.25, 0.3) is 0 Å². The zero-order chi connectivity index (χ0) is 9.47. The number of hydrogen-bond donors (Lipinski definition) is 0. The third-order valence-corrected chi connectivity index (χ3v) is 2.67. The lowest BCUT2D eigenvalue weighted by atomic mass is 9.80.